The number of ether oxygens (including phenoxy) is 1. The van der Waals surface area contributed by atoms with E-state index in [9.17, 15) is 4.39 Å². The summed E-state index contributed by atoms with van der Waals surface area (Å²) in [4.78, 5) is 0. The Labute approximate surface area is 93.2 Å². The monoisotopic (exact) mass is 235 g/mol. The maximum absolute atomic E-state index is 13.7. The van der Waals surface area contributed by atoms with Crippen LogP contribution in [0.5, 0.6) is 0 Å². The largest absolute Gasteiger partial charge is 0.383 e. The van der Waals surface area contributed by atoms with Gasteiger partial charge in [-0.3, -0.25) is 4.68 Å². The highest BCUT2D eigenvalue weighted by atomic mass is 35.5. The van der Waals surface area contributed by atoms with Crippen LogP contribution in [0, 0.1) is 0 Å². The third-order valence-electron chi connectivity index (χ3n) is 2.06. The van der Waals surface area contributed by atoms with Gasteiger partial charge in [0.1, 0.15) is 6.17 Å². The topological polar surface area (TPSA) is 53.1 Å². The molecule has 0 amide bonds. The molecule has 4 nitrogen and oxygen atoms in total. The van der Waals surface area contributed by atoms with Crippen molar-refractivity contribution in [2.45, 2.75) is 19.1 Å². The first-order chi connectivity index (χ1) is 7.20. The van der Waals surface area contributed by atoms with Crippen molar-refractivity contribution >= 4 is 11.6 Å². The van der Waals surface area contributed by atoms with Crippen molar-refractivity contribution in [3.8, 4) is 0 Å². The SMILES string of the molecule is COCCn1ncc(Cl)c1C(F)CCN. The summed E-state index contributed by atoms with van der Waals surface area (Å²) in [5.41, 5.74) is 5.69. The Balaban J connectivity index is 2.78. The Morgan fingerprint density at radius 1 is 1.73 bits per heavy atom. The van der Waals surface area contributed by atoms with Crippen LogP contribution in [0.1, 0.15) is 18.3 Å². The minimum Gasteiger partial charge on any atom is -0.383 e. The predicted octanol–water partition coefficient (Wildman–Crippen LogP) is 1.54. The van der Waals surface area contributed by atoms with E-state index in [1.807, 2.05) is 0 Å². The van der Waals surface area contributed by atoms with Gasteiger partial charge in [0.2, 0.25) is 0 Å². The van der Waals surface area contributed by atoms with Crippen LogP contribution in [0.25, 0.3) is 0 Å². The van der Waals surface area contributed by atoms with E-state index in [0.29, 0.717) is 23.9 Å². The van der Waals surface area contributed by atoms with Crippen LogP contribution in [-0.4, -0.2) is 30.0 Å². The molecule has 15 heavy (non-hydrogen) atoms. The van der Waals surface area contributed by atoms with E-state index in [4.69, 9.17) is 22.1 Å². The molecule has 0 aliphatic carbocycles. The zero-order valence-corrected chi connectivity index (χ0v) is 9.38. The molecule has 0 fully saturated rings. The van der Waals surface area contributed by atoms with E-state index in [0.717, 1.165) is 0 Å². The molecule has 0 saturated heterocycles. The minimum absolute atomic E-state index is 0.248. The molecule has 0 aliphatic heterocycles. The smallest absolute Gasteiger partial charge is 0.144 e. The first kappa shape index (κ1) is 12.4. The fourth-order valence-corrected chi connectivity index (χ4v) is 1.58. The zero-order chi connectivity index (χ0) is 11.3. The average Bonchev–Trinajstić information content (AvgIpc) is 2.57. The summed E-state index contributed by atoms with van der Waals surface area (Å²) in [6, 6.07) is 0. The lowest BCUT2D eigenvalue weighted by molar-refractivity contribution is 0.179. The van der Waals surface area contributed by atoms with Crippen molar-refractivity contribution in [1.29, 1.82) is 0 Å². The lowest BCUT2D eigenvalue weighted by Crippen LogP contribution is -2.13. The Bertz CT molecular complexity index is 306. The standard InChI is InChI=1S/C9H15ClFN3O/c1-15-5-4-14-9(7(10)6-13-14)8(11)2-3-12/h6,8H,2-5,12H2,1H3. The van der Waals surface area contributed by atoms with Gasteiger partial charge in [0.05, 0.1) is 30.1 Å². The van der Waals surface area contributed by atoms with Crippen LogP contribution in [0.2, 0.25) is 5.02 Å². The molecular weight excluding hydrogens is 221 g/mol. The van der Waals surface area contributed by atoms with Gasteiger partial charge in [0, 0.05) is 7.11 Å². The van der Waals surface area contributed by atoms with Gasteiger partial charge >= 0.3 is 0 Å². The summed E-state index contributed by atoms with van der Waals surface area (Å²) in [7, 11) is 1.58. The third-order valence-corrected chi connectivity index (χ3v) is 2.35. The summed E-state index contributed by atoms with van der Waals surface area (Å²) in [6.07, 6.45) is 0.524. The molecule has 1 aromatic rings. The normalized spacial score (nSPS) is 13.1. The van der Waals surface area contributed by atoms with E-state index in [-0.39, 0.29) is 13.0 Å². The highest BCUT2D eigenvalue weighted by Crippen LogP contribution is 2.27. The molecular formula is C9H15ClFN3O. The molecule has 1 aromatic heterocycles. The van der Waals surface area contributed by atoms with Crippen molar-refractivity contribution < 1.29 is 9.13 Å². The Kier molecular flexibility index (Phi) is 5.01. The number of methoxy groups -OCH3 is 1. The van der Waals surface area contributed by atoms with Crippen LogP contribution in [0.3, 0.4) is 0 Å². The molecule has 0 spiro atoms. The van der Waals surface area contributed by atoms with Crippen LogP contribution < -0.4 is 5.73 Å². The first-order valence-corrected chi connectivity index (χ1v) is 5.12. The second-order valence-electron chi connectivity index (χ2n) is 3.14. The second-order valence-corrected chi connectivity index (χ2v) is 3.55. The lowest BCUT2D eigenvalue weighted by Gasteiger charge is -2.10. The molecule has 0 saturated carbocycles. The number of hydrogen-bond acceptors (Lipinski definition) is 3. The van der Waals surface area contributed by atoms with Gasteiger partial charge in [0.15, 0.2) is 0 Å². The maximum atomic E-state index is 13.7. The summed E-state index contributed by atoms with van der Waals surface area (Å²) < 4.78 is 20.1. The summed E-state index contributed by atoms with van der Waals surface area (Å²) in [6.45, 7) is 1.25. The van der Waals surface area contributed by atoms with E-state index >= 15 is 0 Å². The van der Waals surface area contributed by atoms with E-state index < -0.39 is 6.17 Å². The number of nitrogens with zero attached hydrogens (tertiary/aromatic N) is 2. The van der Waals surface area contributed by atoms with E-state index in [2.05, 4.69) is 5.10 Å². The maximum Gasteiger partial charge on any atom is 0.144 e. The second kappa shape index (κ2) is 6.05. The van der Waals surface area contributed by atoms with Gasteiger partial charge in [0.25, 0.3) is 0 Å². The number of nitrogens with two attached hydrogens (primary N) is 1. The van der Waals surface area contributed by atoms with Crippen LogP contribution in [0.15, 0.2) is 6.20 Å². The Morgan fingerprint density at radius 2 is 2.47 bits per heavy atom. The molecule has 0 aromatic carbocycles. The predicted molar refractivity (Wildman–Crippen MR) is 56.6 cm³/mol. The molecule has 1 unspecified atom stereocenters. The zero-order valence-electron chi connectivity index (χ0n) is 8.62. The van der Waals surface area contributed by atoms with Crippen molar-refractivity contribution in [3.63, 3.8) is 0 Å². The highest BCUT2D eigenvalue weighted by molar-refractivity contribution is 6.31. The van der Waals surface area contributed by atoms with Gasteiger partial charge in [-0.1, -0.05) is 11.6 Å². The number of halogens is 2. The number of alkyl halides is 1. The lowest BCUT2D eigenvalue weighted by atomic mass is 10.2. The Hall–Kier alpha value is -0.650. The molecule has 86 valence electrons. The van der Waals surface area contributed by atoms with Crippen LogP contribution in [-0.2, 0) is 11.3 Å². The number of rotatable bonds is 6. The summed E-state index contributed by atoms with van der Waals surface area (Å²) >= 11 is 5.85. The van der Waals surface area contributed by atoms with Crippen molar-refractivity contribution in [2.24, 2.45) is 5.73 Å². The fraction of sp³-hybridized carbons (Fsp3) is 0.667. The highest BCUT2D eigenvalue weighted by Gasteiger charge is 2.18. The molecule has 2 N–H and O–H groups in total. The van der Waals surface area contributed by atoms with Crippen molar-refractivity contribution in [1.82, 2.24) is 9.78 Å². The first-order valence-electron chi connectivity index (χ1n) is 4.75. The van der Waals surface area contributed by atoms with Crippen molar-refractivity contribution in [2.75, 3.05) is 20.3 Å². The number of hydrogen-bond donors (Lipinski definition) is 1. The molecule has 1 rings (SSSR count). The van der Waals surface area contributed by atoms with Gasteiger partial charge in [-0.15, -0.1) is 0 Å². The summed E-state index contributed by atoms with van der Waals surface area (Å²) in [5, 5.41) is 4.32. The van der Waals surface area contributed by atoms with Crippen LogP contribution >= 0.6 is 11.6 Å². The minimum atomic E-state index is -1.16. The fourth-order valence-electron chi connectivity index (χ4n) is 1.32. The van der Waals surface area contributed by atoms with Gasteiger partial charge < -0.3 is 10.5 Å². The molecule has 0 radical (unpaired) electrons. The number of aromatic nitrogens is 2. The van der Waals surface area contributed by atoms with E-state index in [1.165, 1.54) is 10.9 Å². The molecule has 0 bridgehead atoms. The Morgan fingerprint density at radius 3 is 3.07 bits per heavy atom. The quantitative estimate of drug-likeness (QED) is 0.814. The third kappa shape index (κ3) is 3.15. The van der Waals surface area contributed by atoms with Crippen LogP contribution in [0.4, 0.5) is 4.39 Å². The van der Waals surface area contributed by atoms with Gasteiger partial charge in [-0.2, -0.15) is 5.10 Å². The molecule has 1 heterocycles. The van der Waals surface area contributed by atoms with E-state index in [1.54, 1.807) is 7.11 Å². The average molecular weight is 236 g/mol. The van der Waals surface area contributed by atoms with Crippen molar-refractivity contribution in [3.05, 3.63) is 16.9 Å². The molecule has 0 aliphatic rings. The van der Waals surface area contributed by atoms with Gasteiger partial charge in [-0.05, 0) is 13.0 Å². The summed E-state index contributed by atoms with van der Waals surface area (Å²) in [5.74, 6) is 0. The van der Waals surface area contributed by atoms with Gasteiger partial charge in [-0.25, -0.2) is 4.39 Å². The molecule has 6 heteroatoms. The molecule has 1 atom stereocenters.